The van der Waals surface area contributed by atoms with E-state index in [2.05, 4.69) is 20.9 Å². The largest absolute Gasteiger partial charge is 0.243 e. The highest BCUT2D eigenvalue weighted by Crippen LogP contribution is 2.19. The minimum absolute atomic E-state index is 0.287. The molecule has 1 aromatic rings. The van der Waals surface area contributed by atoms with Gasteiger partial charge in [0.05, 0.1) is 0 Å². The number of hydrogen-bond acceptors (Lipinski definition) is 2. The van der Waals surface area contributed by atoms with E-state index in [1.54, 1.807) is 11.8 Å². The molecule has 0 fully saturated rings. The van der Waals surface area contributed by atoms with Crippen molar-refractivity contribution in [2.45, 2.75) is 12.7 Å². The van der Waals surface area contributed by atoms with Crippen LogP contribution in [0.5, 0.6) is 0 Å². The summed E-state index contributed by atoms with van der Waals surface area (Å²) in [6, 6.07) is 1.53. The van der Waals surface area contributed by atoms with Crippen LogP contribution in [0.15, 0.2) is 10.7 Å². The quantitative estimate of drug-likeness (QED) is 0.748. The zero-order valence-electron chi connectivity index (χ0n) is 6.90. The van der Waals surface area contributed by atoms with Gasteiger partial charge in [0.1, 0.15) is 4.60 Å². The number of pyridine rings is 1. The molecule has 0 N–H and O–H groups in total. The first-order chi connectivity index (χ1) is 5.65. The molecular formula is C8H9BrFNS. The summed E-state index contributed by atoms with van der Waals surface area (Å²) in [6.45, 7) is 1.88. The highest BCUT2D eigenvalue weighted by molar-refractivity contribution is 9.10. The molecule has 12 heavy (non-hydrogen) atoms. The lowest BCUT2D eigenvalue weighted by Crippen LogP contribution is -1.94. The summed E-state index contributed by atoms with van der Waals surface area (Å²) >= 11 is 4.70. The molecule has 0 aliphatic carbocycles. The summed E-state index contributed by atoms with van der Waals surface area (Å²) in [7, 11) is 0. The summed E-state index contributed by atoms with van der Waals surface area (Å²) in [5.74, 6) is 0.521. The van der Waals surface area contributed by atoms with Crippen molar-refractivity contribution in [2.24, 2.45) is 0 Å². The summed E-state index contributed by atoms with van der Waals surface area (Å²) in [6.07, 6.45) is 1.99. The van der Waals surface area contributed by atoms with Crippen LogP contribution in [0, 0.1) is 12.7 Å². The van der Waals surface area contributed by atoms with Crippen molar-refractivity contribution >= 4 is 27.7 Å². The van der Waals surface area contributed by atoms with E-state index < -0.39 is 0 Å². The Balaban J connectivity index is 3.05. The SMILES string of the molecule is CSCc1cc(F)c(Br)nc1C. The highest BCUT2D eigenvalue weighted by Gasteiger charge is 2.05. The van der Waals surface area contributed by atoms with Crippen LogP contribution in [0.3, 0.4) is 0 Å². The molecule has 1 aromatic heterocycles. The summed E-state index contributed by atoms with van der Waals surface area (Å²) < 4.78 is 13.3. The third-order valence-electron chi connectivity index (χ3n) is 1.53. The number of aromatic nitrogens is 1. The molecule has 0 amide bonds. The number of thioether (sulfide) groups is 1. The predicted molar refractivity (Wildman–Crippen MR) is 53.9 cm³/mol. The number of rotatable bonds is 2. The fourth-order valence-corrected chi connectivity index (χ4v) is 1.87. The monoisotopic (exact) mass is 249 g/mol. The second-order valence-electron chi connectivity index (χ2n) is 2.44. The Morgan fingerprint density at radius 2 is 2.33 bits per heavy atom. The highest BCUT2D eigenvalue weighted by atomic mass is 79.9. The Morgan fingerprint density at radius 3 is 2.92 bits per heavy atom. The molecule has 0 aliphatic rings. The van der Waals surface area contributed by atoms with Crippen molar-refractivity contribution in [2.75, 3.05) is 6.26 Å². The van der Waals surface area contributed by atoms with Crippen LogP contribution in [0.2, 0.25) is 0 Å². The molecule has 0 aromatic carbocycles. The molecule has 0 spiro atoms. The molecule has 0 saturated heterocycles. The molecule has 0 radical (unpaired) electrons. The second-order valence-corrected chi connectivity index (χ2v) is 4.06. The number of nitrogens with zero attached hydrogens (tertiary/aromatic N) is 1. The molecule has 0 unspecified atom stereocenters. The van der Waals surface area contributed by atoms with Crippen molar-refractivity contribution in [3.8, 4) is 0 Å². The predicted octanol–water partition coefficient (Wildman–Crippen LogP) is 3.15. The Morgan fingerprint density at radius 1 is 1.67 bits per heavy atom. The Labute approximate surface area is 83.9 Å². The first-order valence-corrected chi connectivity index (χ1v) is 5.64. The van der Waals surface area contributed by atoms with Gasteiger partial charge in [-0.2, -0.15) is 11.8 Å². The van der Waals surface area contributed by atoms with Crippen LogP contribution in [-0.2, 0) is 5.75 Å². The lowest BCUT2D eigenvalue weighted by atomic mass is 10.2. The molecule has 1 nitrogen and oxygen atoms in total. The third-order valence-corrected chi connectivity index (χ3v) is 2.68. The van der Waals surface area contributed by atoms with Gasteiger partial charge >= 0.3 is 0 Å². The van der Waals surface area contributed by atoms with E-state index in [4.69, 9.17) is 0 Å². The van der Waals surface area contributed by atoms with Crippen molar-refractivity contribution in [1.29, 1.82) is 0 Å². The van der Waals surface area contributed by atoms with Gasteiger partial charge in [-0.15, -0.1) is 0 Å². The Bertz CT molecular complexity index is 291. The maximum Gasteiger partial charge on any atom is 0.156 e. The van der Waals surface area contributed by atoms with E-state index in [9.17, 15) is 4.39 Å². The average Bonchev–Trinajstić information content (AvgIpc) is 2.01. The average molecular weight is 250 g/mol. The van der Waals surface area contributed by atoms with Gasteiger partial charge in [0.2, 0.25) is 0 Å². The molecule has 0 saturated carbocycles. The van der Waals surface area contributed by atoms with Gasteiger partial charge in [0.15, 0.2) is 5.82 Å². The Kier molecular flexibility index (Phi) is 3.53. The first-order valence-electron chi connectivity index (χ1n) is 3.45. The Hall–Kier alpha value is -0.0900. The molecule has 4 heteroatoms. The van der Waals surface area contributed by atoms with Crippen molar-refractivity contribution < 1.29 is 4.39 Å². The topological polar surface area (TPSA) is 12.9 Å². The first kappa shape index (κ1) is 9.99. The maximum atomic E-state index is 13.0. The zero-order valence-corrected chi connectivity index (χ0v) is 9.30. The summed E-state index contributed by atoms with van der Waals surface area (Å²) in [5.41, 5.74) is 1.85. The smallest absolute Gasteiger partial charge is 0.156 e. The van der Waals surface area contributed by atoms with Crippen molar-refractivity contribution in [1.82, 2.24) is 4.98 Å². The van der Waals surface area contributed by atoms with Gasteiger partial charge in [0, 0.05) is 11.4 Å². The molecule has 66 valence electrons. The number of halogens is 2. The number of aryl methyl sites for hydroxylation is 1. The lowest BCUT2D eigenvalue weighted by Gasteiger charge is -2.03. The van der Waals surface area contributed by atoms with E-state index in [1.807, 2.05) is 13.2 Å². The minimum Gasteiger partial charge on any atom is -0.243 e. The van der Waals surface area contributed by atoms with E-state index in [0.29, 0.717) is 4.60 Å². The van der Waals surface area contributed by atoms with E-state index in [0.717, 1.165) is 17.0 Å². The minimum atomic E-state index is -0.287. The van der Waals surface area contributed by atoms with E-state index in [1.165, 1.54) is 6.07 Å². The standard InChI is InChI=1S/C8H9BrFNS/c1-5-6(4-12-2)3-7(10)8(9)11-5/h3H,4H2,1-2H3. The van der Waals surface area contributed by atoms with Gasteiger partial charge in [-0.05, 0) is 40.7 Å². The van der Waals surface area contributed by atoms with Crippen LogP contribution in [0.1, 0.15) is 11.3 Å². The lowest BCUT2D eigenvalue weighted by molar-refractivity contribution is 0.609. The van der Waals surface area contributed by atoms with Gasteiger partial charge in [-0.3, -0.25) is 0 Å². The zero-order chi connectivity index (χ0) is 9.14. The molecule has 1 heterocycles. The van der Waals surface area contributed by atoms with Crippen LogP contribution in [0.4, 0.5) is 4.39 Å². The van der Waals surface area contributed by atoms with E-state index >= 15 is 0 Å². The molecule has 0 aliphatic heterocycles. The van der Waals surface area contributed by atoms with E-state index in [-0.39, 0.29) is 5.82 Å². The second kappa shape index (κ2) is 4.23. The maximum absolute atomic E-state index is 13.0. The molecule has 1 rings (SSSR count). The van der Waals surface area contributed by atoms with Crippen molar-refractivity contribution in [3.05, 3.63) is 27.7 Å². The van der Waals surface area contributed by atoms with Crippen molar-refractivity contribution in [3.63, 3.8) is 0 Å². The van der Waals surface area contributed by atoms with Gasteiger partial charge < -0.3 is 0 Å². The molecule has 0 atom stereocenters. The third kappa shape index (κ3) is 2.20. The fraction of sp³-hybridized carbons (Fsp3) is 0.375. The molecule has 0 bridgehead atoms. The fourth-order valence-electron chi connectivity index (χ4n) is 0.891. The molecular weight excluding hydrogens is 241 g/mol. The van der Waals surface area contributed by atoms with Crippen LogP contribution < -0.4 is 0 Å². The normalized spacial score (nSPS) is 10.3. The van der Waals surface area contributed by atoms with Gasteiger partial charge in [-0.25, -0.2) is 9.37 Å². The van der Waals surface area contributed by atoms with Gasteiger partial charge in [0.25, 0.3) is 0 Å². The summed E-state index contributed by atoms with van der Waals surface area (Å²) in [5, 5.41) is 0. The van der Waals surface area contributed by atoms with Crippen LogP contribution in [-0.4, -0.2) is 11.2 Å². The van der Waals surface area contributed by atoms with Crippen LogP contribution >= 0.6 is 27.7 Å². The number of hydrogen-bond donors (Lipinski definition) is 0. The van der Waals surface area contributed by atoms with Gasteiger partial charge in [-0.1, -0.05) is 0 Å². The summed E-state index contributed by atoms with van der Waals surface area (Å²) in [4.78, 5) is 4.02. The van der Waals surface area contributed by atoms with Crippen LogP contribution in [0.25, 0.3) is 0 Å².